The molecule has 0 unspecified atom stereocenters. The zero-order valence-corrected chi connectivity index (χ0v) is 41.6. The van der Waals surface area contributed by atoms with Crippen LogP contribution in [-0.2, 0) is 12.4 Å². The maximum atomic E-state index is 9.23. The Bertz CT molecular complexity index is 4210. The van der Waals surface area contributed by atoms with Gasteiger partial charge in [0.05, 0.1) is 56.0 Å². The summed E-state index contributed by atoms with van der Waals surface area (Å²) in [7, 11) is 4.32. The fraction of sp³-hybridized carbons (Fsp3) is 0.0938. The highest BCUT2D eigenvalue weighted by atomic mass is 16.5. The third kappa shape index (κ3) is 9.18. The van der Waals surface area contributed by atoms with Gasteiger partial charge in [0.15, 0.2) is 14.6 Å². The van der Waals surface area contributed by atoms with Crippen molar-refractivity contribution in [1.29, 1.82) is 0 Å². The number of benzene rings is 6. The summed E-state index contributed by atoms with van der Waals surface area (Å²) in [4.78, 5) is 14.6. The van der Waals surface area contributed by atoms with Crippen LogP contribution in [0.2, 0.25) is 0 Å². The zero-order chi connectivity index (χ0) is 56.9. The van der Waals surface area contributed by atoms with Gasteiger partial charge in [0.25, 0.3) is 0 Å². The van der Waals surface area contributed by atoms with Gasteiger partial charge >= 0.3 is 0 Å². The molecular weight excluding hydrogens is 918 g/mol. The Hall–Kier alpha value is -9.21. The van der Waals surface area contributed by atoms with Crippen molar-refractivity contribution in [2.24, 2.45) is 6.98 Å². The van der Waals surface area contributed by atoms with Gasteiger partial charge in [-0.2, -0.15) is 0 Å². The number of pyridine rings is 1. The largest absolute Gasteiger partial charge is 0.439 e. The van der Waals surface area contributed by atoms with Crippen LogP contribution < -0.4 is 25.2 Å². The third-order valence-electron chi connectivity index (χ3n) is 13.4. The summed E-state index contributed by atoms with van der Waals surface area (Å²) in [5, 5.41) is 7.15. The second kappa shape index (κ2) is 20.0. The Labute approximate surface area is 449 Å². The molecule has 0 saturated heterocycles. The molecule has 11 heteroatoms. The molecule has 6 heterocycles. The molecule has 3 aromatic heterocycles. The highest BCUT2D eigenvalue weighted by molar-refractivity contribution is 6.67. The van der Waals surface area contributed by atoms with Gasteiger partial charge in [-0.25, -0.2) is 9.97 Å². The molecule has 0 amide bonds. The number of hydrogen-bond donors (Lipinski definition) is 2. The van der Waals surface area contributed by atoms with Crippen molar-refractivity contribution in [3.05, 3.63) is 248 Å². The second-order valence-electron chi connectivity index (χ2n) is 19.3. The van der Waals surface area contributed by atoms with E-state index in [9.17, 15) is 1.37 Å². The highest BCUT2D eigenvalue weighted by Crippen LogP contribution is 2.50. The lowest BCUT2D eigenvalue weighted by Gasteiger charge is -2.31. The summed E-state index contributed by atoms with van der Waals surface area (Å²) in [6, 6.07) is 37.5. The molecular formula is C64H54B2N8O. The first kappa shape index (κ1) is 39.3. The van der Waals surface area contributed by atoms with Crippen LogP contribution in [0.4, 0.5) is 22.7 Å². The van der Waals surface area contributed by atoms with Crippen molar-refractivity contribution < 1.29 is 14.3 Å². The van der Waals surface area contributed by atoms with Crippen molar-refractivity contribution >= 4 is 81.1 Å². The fourth-order valence-electron chi connectivity index (χ4n) is 9.80. The summed E-state index contributed by atoms with van der Waals surface area (Å²) < 4.78 is 71.5. The summed E-state index contributed by atoms with van der Waals surface area (Å²) in [5.41, 5.74) is 11.4. The lowest BCUT2D eigenvalue weighted by molar-refractivity contribution is 0.464. The Morgan fingerprint density at radius 3 is 2.01 bits per heavy atom. The Kier molecular flexibility index (Phi) is 10.5. The first-order valence-corrected chi connectivity index (χ1v) is 24.8. The number of hydrogen-bond acceptors (Lipinski definition) is 7. The van der Waals surface area contributed by atoms with E-state index >= 15 is 0 Å². The number of para-hydroxylation sites is 5. The van der Waals surface area contributed by atoms with Gasteiger partial charge in [0.2, 0.25) is 11.8 Å². The molecule has 2 N–H and O–H groups in total. The normalized spacial score (nSPS) is 20.0. The van der Waals surface area contributed by atoms with Crippen LogP contribution in [0.25, 0.3) is 61.0 Å². The fourth-order valence-corrected chi connectivity index (χ4v) is 9.80. The maximum Gasteiger partial charge on any atom is 0.221 e. The minimum Gasteiger partial charge on any atom is -0.439 e. The van der Waals surface area contributed by atoms with E-state index in [1.807, 2.05) is 104 Å². The molecule has 12 rings (SSSR count). The summed E-state index contributed by atoms with van der Waals surface area (Å²) in [6.45, 7) is 4.39. The Balaban J connectivity index is 1.04. The van der Waals surface area contributed by atoms with E-state index in [0.717, 1.165) is 55.0 Å². The minimum absolute atomic E-state index is 0.0417. The molecule has 3 aliphatic heterocycles. The number of fused-ring (bicyclic) bond motifs is 5. The quantitative estimate of drug-likeness (QED) is 0.147. The number of imidazole rings is 1. The van der Waals surface area contributed by atoms with Crippen LogP contribution in [-0.4, -0.2) is 40.3 Å². The summed E-state index contributed by atoms with van der Waals surface area (Å²) in [5.74, 6) is 4.66. The molecule has 0 spiro atoms. The summed E-state index contributed by atoms with van der Waals surface area (Å²) in [6.07, 6.45) is 23.9. The predicted molar refractivity (Wildman–Crippen MR) is 314 cm³/mol. The minimum atomic E-state index is -2.73. The number of ether oxygens (including phenoxy) is 1. The van der Waals surface area contributed by atoms with Gasteiger partial charge in [-0.3, -0.25) is 4.57 Å². The van der Waals surface area contributed by atoms with E-state index in [1.54, 1.807) is 42.5 Å². The van der Waals surface area contributed by atoms with Crippen molar-refractivity contribution in [1.82, 2.24) is 29.7 Å². The van der Waals surface area contributed by atoms with Gasteiger partial charge in [0.1, 0.15) is 12.4 Å². The van der Waals surface area contributed by atoms with E-state index in [2.05, 4.69) is 116 Å². The molecule has 75 heavy (non-hydrogen) atoms. The van der Waals surface area contributed by atoms with E-state index < -0.39 is 19.1 Å². The van der Waals surface area contributed by atoms with Crippen LogP contribution in [0.3, 0.4) is 0 Å². The molecule has 0 atom stereocenters. The average Bonchev–Trinajstić information content (AvgIpc) is 4.39. The molecule has 0 fully saturated rings. The predicted octanol–water partition coefficient (Wildman–Crippen LogP) is 14.4. The first-order chi connectivity index (χ1) is 39.6. The van der Waals surface area contributed by atoms with Crippen molar-refractivity contribution in [2.45, 2.75) is 26.2 Å². The number of anilines is 4. The van der Waals surface area contributed by atoms with E-state index in [1.165, 1.54) is 10.1 Å². The lowest BCUT2D eigenvalue weighted by atomic mass is 9.62. The van der Waals surface area contributed by atoms with Gasteiger partial charge in [-0.05, 0) is 107 Å². The molecule has 0 aliphatic carbocycles. The number of rotatable bonds is 8. The van der Waals surface area contributed by atoms with Gasteiger partial charge in [-0.1, -0.05) is 129 Å². The van der Waals surface area contributed by atoms with E-state index in [-0.39, 0.29) is 40.2 Å². The number of aromatic nitrogens is 4. The molecule has 2 radical (unpaired) electrons. The number of aryl methyl sites for hydroxylation is 1. The third-order valence-corrected chi connectivity index (χ3v) is 13.4. The number of allylic oxidation sites excluding steroid dienone is 8. The molecule has 9 aromatic rings. The molecule has 0 bridgehead atoms. The highest BCUT2D eigenvalue weighted by Gasteiger charge is 2.34. The summed E-state index contributed by atoms with van der Waals surface area (Å²) >= 11 is 0. The lowest BCUT2D eigenvalue weighted by Crippen LogP contribution is -2.27. The molecule has 0 saturated carbocycles. The molecule has 362 valence electrons. The topological polar surface area (TPSA) is 75.4 Å². The van der Waals surface area contributed by atoms with E-state index in [4.69, 9.17) is 22.9 Å². The molecule has 6 aromatic carbocycles. The van der Waals surface area contributed by atoms with Crippen LogP contribution in [0.15, 0.2) is 231 Å². The van der Waals surface area contributed by atoms with E-state index in [0.29, 0.717) is 40.0 Å². The van der Waals surface area contributed by atoms with Gasteiger partial charge in [0, 0.05) is 64.4 Å². The van der Waals surface area contributed by atoms with Crippen molar-refractivity contribution in [2.75, 3.05) is 16.5 Å². The molecule has 9 nitrogen and oxygen atoms in total. The zero-order valence-electron chi connectivity index (χ0n) is 48.6. The SMILES string of the molecule is [2H]c1c([2H])c([2H])c2c(c1[2H])c1ccc(Oc3cc(N4CN(c5c(/C6=C/C=C\N/C=C\C=C/[B]6)cc(C(C)(C)C)cc5/C5=C/C=C\N/C=C\C=C/[B]5)c5ccccc54)cc(-c4ccccc4)n3)cc1n2-c1nc2ccccc2n1C([2H])([2H])[2H]. The maximum absolute atomic E-state index is 9.23. The van der Waals surface area contributed by atoms with Crippen molar-refractivity contribution in [3.63, 3.8) is 0 Å². The van der Waals surface area contributed by atoms with Gasteiger partial charge < -0.3 is 29.7 Å². The van der Waals surface area contributed by atoms with Crippen LogP contribution >= 0.6 is 0 Å². The van der Waals surface area contributed by atoms with Gasteiger partial charge in [-0.15, -0.1) is 12.0 Å². The standard InChI is InChI=1S/C64H54B2N8O/c1-64(2,3)45-38-50(52-23-18-36-67-34-16-14-32-65-52)62(51(39-45)53-24-19-37-68-35-17-15-33-66-53)73-43-72(58-28-12-13-29-59(58)73)46-40-55(44-20-6-5-7-21-44)69-61(41-46)75-47-30-31-49-48-22-8-10-26-56(48)74(60(49)42-47)63-70-54-25-9-11-27-57(54)71(63)4/h5-42,67-68H,43H2,1-4H3/b32-14-,33-15-,34-16-,35-17-,36-18-,37-19-,52-23-,53-24-/i4D3,8D,10D,22D,26D. The second-order valence-corrected chi connectivity index (χ2v) is 19.3. The van der Waals surface area contributed by atoms with Crippen molar-refractivity contribution in [3.8, 4) is 28.8 Å². The number of nitrogens with one attached hydrogen (secondary N) is 2. The average molecular weight is 980 g/mol. The Morgan fingerprint density at radius 2 is 1.29 bits per heavy atom. The Morgan fingerprint density at radius 1 is 0.627 bits per heavy atom. The first-order valence-electron chi connectivity index (χ1n) is 28.3. The van der Waals surface area contributed by atoms with Crippen LogP contribution in [0.5, 0.6) is 11.6 Å². The molecule has 3 aliphatic rings. The monoisotopic (exact) mass is 980 g/mol. The number of nitrogens with zero attached hydrogens (tertiary/aromatic N) is 6. The smallest absolute Gasteiger partial charge is 0.221 e. The van der Waals surface area contributed by atoms with Crippen LogP contribution in [0, 0.1) is 0 Å². The van der Waals surface area contributed by atoms with Crippen LogP contribution in [0.1, 0.15) is 47.1 Å².